The molecule has 0 saturated carbocycles. The van der Waals surface area contributed by atoms with Crippen molar-refractivity contribution in [2.75, 3.05) is 20.3 Å². The molecular formula is C14H20N2O. The lowest BCUT2D eigenvalue weighted by Crippen LogP contribution is -2.23. The minimum Gasteiger partial charge on any atom is -0.387 e. The van der Waals surface area contributed by atoms with E-state index in [1.807, 2.05) is 6.07 Å². The fourth-order valence-corrected chi connectivity index (χ4v) is 2.52. The lowest BCUT2D eigenvalue weighted by Gasteiger charge is -2.19. The summed E-state index contributed by atoms with van der Waals surface area (Å²) < 4.78 is 5.10. The van der Waals surface area contributed by atoms with Crippen LogP contribution in [0, 0.1) is 5.92 Å². The van der Waals surface area contributed by atoms with Crippen molar-refractivity contribution in [1.29, 1.82) is 0 Å². The molecule has 0 aromatic heterocycles. The van der Waals surface area contributed by atoms with Crippen LogP contribution >= 0.6 is 0 Å². The summed E-state index contributed by atoms with van der Waals surface area (Å²) in [6.07, 6.45) is 2.20. The Labute approximate surface area is 103 Å². The number of nitrogens with two attached hydrogens (primary N) is 1. The van der Waals surface area contributed by atoms with E-state index in [1.165, 1.54) is 5.56 Å². The zero-order chi connectivity index (χ0) is 12.1. The highest BCUT2D eigenvalue weighted by molar-refractivity contribution is 5.89. The third-order valence-electron chi connectivity index (χ3n) is 3.38. The van der Waals surface area contributed by atoms with Gasteiger partial charge in [0.2, 0.25) is 0 Å². The largest absolute Gasteiger partial charge is 0.387 e. The van der Waals surface area contributed by atoms with Gasteiger partial charge in [-0.2, -0.15) is 0 Å². The minimum atomic E-state index is 0.299. The third kappa shape index (κ3) is 2.86. The van der Waals surface area contributed by atoms with E-state index in [0.717, 1.165) is 31.8 Å². The molecule has 0 bridgehead atoms. The second-order valence-electron chi connectivity index (χ2n) is 4.55. The van der Waals surface area contributed by atoms with Crippen molar-refractivity contribution in [2.24, 2.45) is 16.6 Å². The Morgan fingerprint density at radius 2 is 2.12 bits per heavy atom. The maximum Gasteiger partial charge on any atom is 0.102 e. The van der Waals surface area contributed by atoms with Crippen molar-refractivity contribution in [3.05, 3.63) is 35.9 Å². The molecule has 0 saturated heterocycles. The van der Waals surface area contributed by atoms with Crippen molar-refractivity contribution >= 4 is 5.84 Å². The van der Waals surface area contributed by atoms with E-state index in [0.29, 0.717) is 11.8 Å². The van der Waals surface area contributed by atoms with E-state index in [9.17, 15) is 0 Å². The van der Waals surface area contributed by atoms with Crippen LogP contribution in [0.1, 0.15) is 24.3 Å². The second kappa shape index (κ2) is 5.82. The Morgan fingerprint density at radius 3 is 2.82 bits per heavy atom. The molecule has 2 N–H and O–H groups in total. The topological polar surface area (TPSA) is 47.6 Å². The second-order valence-corrected chi connectivity index (χ2v) is 4.55. The van der Waals surface area contributed by atoms with Crippen molar-refractivity contribution < 1.29 is 4.74 Å². The normalized spacial score (nSPS) is 23.7. The van der Waals surface area contributed by atoms with Gasteiger partial charge in [0, 0.05) is 26.2 Å². The standard InChI is InChI=1S/C14H20N2O/c1-17-9-5-8-12-10-16-14(15)13(12)11-6-3-2-4-7-11/h2-4,6-7,12-13H,5,8-10H2,1H3,(H2,15,16). The molecule has 0 radical (unpaired) electrons. The Hall–Kier alpha value is -1.35. The molecule has 17 heavy (non-hydrogen) atoms. The molecule has 3 nitrogen and oxygen atoms in total. The highest BCUT2D eigenvalue weighted by atomic mass is 16.5. The van der Waals surface area contributed by atoms with Crippen LogP contribution < -0.4 is 5.73 Å². The van der Waals surface area contributed by atoms with Gasteiger partial charge < -0.3 is 10.5 Å². The maximum absolute atomic E-state index is 6.02. The molecular weight excluding hydrogens is 212 g/mol. The van der Waals surface area contributed by atoms with Crippen LogP contribution in [0.5, 0.6) is 0 Å². The first kappa shape index (κ1) is 12.1. The predicted octanol–water partition coefficient (Wildman–Crippen LogP) is 2.18. The molecule has 0 spiro atoms. The van der Waals surface area contributed by atoms with Gasteiger partial charge in [-0.1, -0.05) is 30.3 Å². The lowest BCUT2D eigenvalue weighted by molar-refractivity contribution is 0.187. The number of hydrogen-bond donors (Lipinski definition) is 1. The average Bonchev–Trinajstić information content (AvgIpc) is 2.72. The van der Waals surface area contributed by atoms with E-state index in [-0.39, 0.29) is 0 Å². The minimum absolute atomic E-state index is 0.299. The van der Waals surface area contributed by atoms with E-state index in [4.69, 9.17) is 10.5 Å². The van der Waals surface area contributed by atoms with Crippen LogP contribution in [0.3, 0.4) is 0 Å². The Bertz CT molecular complexity index is 375. The molecule has 2 unspecified atom stereocenters. The summed E-state index contributed by atoms with van der Waals surface area (Å²) in [6.45, 7) is 1.67. The smallest absolute Gasteiger partial charge is 0.102 e. The number of nitrogens with zero attached hydrogens (tertiary/aromatic N) is 1. The van der Waals surface area contributed by atoms with Crippen LogP contribution in [0.15, 0.2) is 35.3 Å². The molecule has 92 valence electrons. The van der Waals surface area contributed by atoms with Crippen molar-refractivity contribution in [3.63, 3.8) is 0 Å². The van der Waals surface area contributed by atoms with Gasteiger partial charge in [0.25, 0.3) is 0 Å². The van der Waals surface area contributed by atoms with Gasteiger partial charge in [0.1, 0.15) is 5.84 Å². The summed E-state index contributed by atoms with van der Waals surface area (Å²) in [6, 6.07) is 10.4. The highest BCUT2D eigenvalue weighted by Crippen LogP contribution is 2.32. The number of amidine groups is 1. The average molecular weight is 232 g/mol. The molecule has 2 rings (SSSR count). The summed E-state index contributed by atoms with van der Waals surface area (Å²) in [5, 5.41) is 0. The number of ether oxygens (including phenoxy) is 1. The molecule has 1 aromatic carbocycles. The number of aliphatic imine (C=N–C) groups is 1. The zero-order valence-electron chi connectivity index (χ0n) is 10.3. The molecule has 1 heterocycles. The highest BCUT2D eigenvalue weighted by Gasteiger charge is 2.30. The summed E-state index contributed by atoms with van der Waals surface area (Å²) in [4.78, 5) is 4.41. The SMILES string of the molecule is COCCCC1CN=C(N)C1c1ccccc1. The van der Waals surface area contributed by atoms with Crippen LogP contribution in [-0.2, 0) is 4.74 Å². The fourth-order valence-electron chi connectivity index (χ4n) is 2.52. The Morgan fingerprint density at radius 1 is 1.35 bits per heavy atom. The lowest BCUT2D eigenvalue weighted by atomic mass is 9.84. The third-order valence-corrected chi connectivity index (χ3v) is 3.38. The first-order chi connectivity index (χ1) is 8.33. The van der Waals surface area contributed by atoms with E-state index >= 15 is 0 Å². The van der Waals surface area contributed by atoms with Crippen LogP contribution in [0.4, 0.5) is 0 Å². The van der Waals surface area contributed by atoms with E-state index in [1.54, 1.807) is 7.11 Å². The molecule has 0 fully saturated rings. The van der Waals surface area contributed by atoms with Crippen LogP contribution in [0.2, 0.25) is 0 Å². The van der Waals surface area contributed by atoms with Gasteiger partial charge in [0.15, 0.2) is 0 Å². The molecule has 0 amide bonds. The molecule has 1 aliphatic heterocycles. The molecule has 1 aliphatic rings. The summed E-state index contributed by atoms with van der Waals surface area (Å²) in [7, 11) is 1.74. The molecule has 1 aromatic rings. The molecule has 2 atom stereocenters. The van der Waals surface area contributed by atoms with Gasteiger partial charge >= 0.3 is 0 Å². The zero-order valence-corrected chi connectivity index (χ0v) is 10.3. The number of rotatable bonds is 5. The maximum atomic E-state index is 6.02. The van der Waals surface area contributed by atoms with E-state index in [2.05, 4.69) is 29.3 Å². The number of hydrogen-bond acceptors (Lipinski definition) is 3. The monoisotopic (exact) mass is 232 g/mol. The van der Waals surface area contributed by atoms with Crippen molar-refractivity contribution in [1.82, 2.24) is 0 Å². The van der Waals surface area contributed by atoms with Crippen molar-refractivity contribution in [3.8, 4) is 0 Å². The van der Waals surface area contributed by atoms with Crippen molar-refractivity contribution in [2.45, 2.75) is 18.8 Å². The van der Waals surface area contributed by atoms with Gasteiger partial charge in [-0.25, -0.2) is 0 Å². The molecule has 3 heteroatoms. The number of benzene rings is 1. The first-order valence-electron chi connectivity index (χ1n) is 6.16. The van der Waals surface area contributed by atoms with Gasteiger partial charge in [-0.15, -0.1) is 0 Å². The van der Waals surface area contributed by atoms with Gasteiger partial charge in [-0.3, -0.25) is 4.99 Å². The predicted molar refractivity (Wildman–Crippen MR) is 70.3 cm³/mol. The molecule has 0 aliphatic carbocycles. The summed E-state index contributed by atoms with van der Waals surface area (Å²) in [5.74, 6) is 1.62. The van der Waals surface area contributed by atoms with Gasteiger partial charge in [-0.05, 0) is 24.3 Å². The summed E-state index contributed by atoms with van der Waals surface area (Å²) >= 11 is 0. The summed E-state index contributed by atoms with van der Waals surface area (Å²) in [5.41, 5.74) is 7.31. The Kier molecular flexibility index (Phi) is 4.15. The van der Waals surface area contributed by atoms with E-state index < -0.39 is 0 Å². The van der Waals surface area contributed by atoms with Crippen LogP contribution in [-0.4, -0.2) is 26.1 Å². The Balaban J connectivity index is 2.04. The fraction of sp³-hybridized carbons (Fsp3) is 0.500. The number of methoxy groups -OCH3 is 1. The van der Waals surface area contributed by atoms with Crippen LogP contribution in [0.25, 0.3) is 0 Å². The van der Waals surface area contributed by atoms with Gasteiger partial charge in [0.05, 0.1) is 0 Å². The quantitative estimate of drug-likeness (QED) is 0.791. The first-order valence-corrected chi connectivity index (χ1v) is 6.16.